The van der Waals surface area contributed by atoms with E-state index in [1.165, 1.54) is 0 Å². The number of ether oxygens (including phenoxy) is 3. The fourth-order valence-electron chi connectivity index (χ4n) is 4.00. The Morgan fingerprint density at radius 3 is 2.16 bits per heavy atom. The molecule has 38 heavy (non-hydrogen) atoms. The molecule has 0 aromatic heterocycles. The normalized spacial score (nSPS) is 13.2. The van der Waals surface area contributed by atoms with Crippen molar-refractivity contribution in [2.45, 2.75) is 11.4 Å². The van der Waals surface area contributed by atoms with Crippen LogP contribution < -0.4 is 19.1 Å². The number of rotatable bonds is 8. The predicted molar refractivity (Wildman–Crippen MR) is 143 cm³/mol. The number of anilines is 1. The molecule has 0 spiro atoms. The summed E-state index contributed by atoms with van der Waals surface area (Å²) >= 11 is 0. The van der Waals surface area contributed by atoms with Crippen LogP contribution in [0.25, 0.3) is 0 Å². The molecule has 9 heteroatoms. The van der Waals surface area contributed by atoms with Gasteiger partial charge in [0.1, 0.15) is 22.1 Å². The number of esters is 1. The molecule has 0 bridgehead atoms. The molecular weight excluding hydrogens is 504 g/mol. The van der Waals surface area contributed by atoms with E-state index in [1.807, 2.05) is 47.4 Å². The third kappa shape index (κ3) is 5.52. The second-order valence-corrected chi connectivity index (χ2v) is 9.96. The van der Waals surface area contributed by atoms with E-state index in [0.29, 0.717) is 40.9 Å². The number of hydrogen-bond acceptors (Lipinski definition) is 7. The molecule has 0 saturated heterocycles. The lowest BCUT2D eigenvalue weighted by molar-refractivity contribution is -0.136. The zero-order chi connectivity index (χ0) is 26.5. The van der Waals surface area contributed by atoms with E-state index >= 15 is 0 Å². The molecule has 0 radical (unpaired) electrons. The molecule has 0 amide bonds. The molecule has 1 heterocycles. The molecule has 0 unspecified atom stereocenters. The van der Waals surface area contributed by atoms with Gasteiger partial charge in [0, 0.05) is 17.8 Å². The van der Waals surface area contributed by atoms with Gasteiger partial charge in [-0.2, -0.15) is 8.42 Å². The number of para-hydroxylation sites is 1. The van der Waals surface area contributed by atoms with E-state index in [1.54, 1.807) is 67.8 Å². The Labute approximate surface area is 220 Å². The summed E-state index contributed by atoms with van der Waals surface area (Å²) in [6.07, 6.45) is 0. The summed E-state index contributed by atoms with van der Waals surface area (Å²) in [5.41, 5.74) is 2.12. The van der Waals surface area contributed by atoms with Crippen LogP contribution in [0, 0.1) is 0 Å². The summed E-state index contributed by atoms with van der Waals surface area (Å²) in [5.74, 6) is 1.39. The SMILES string of the molecule is COc1ccc(CN(C2=NS(=O)(=O)c3ccccc32)c2ccc(OC(=O)COc3ccccc3)cc2)cc1. The summed E-state index contributed by atoms with van der Waals surface area (Å²) in [6, 6.07) is 30.0. The van der Waals surface area contributed by atoms with Gasteiger partial charge in [-0.15, -0.1) is 4.40 Å². The lowest BCUT2D eigenvalue weighted by Crippen LogP contribution is -2.30. The highest BCUT2D eigenvalue weighted by Gasteiger charge is 2.32. The number of methoxy groups -OCH3 is 1. The molecule has 4 aromatic rings. The van der Waals surface area contributed by atoms with Crippen LogP contribution in [0.2, 0.25) is 0 Å². The Morgan fingerprint density at radius 2 is 1.45 bits per heavy atom. The van der Waals surface area contributed by atoms with Crippen LogP contribution in [0.5, 0.6) is 17.2 Å². The van der Waals surface area contributed by atoms with Crippen LogP contribution >= 0.6 is 0 Å². The van der Waals surface area contributed by atoms with Crippen molar-refractivity contribution < 1.29 is 27.4 Å². The summed E-state index contributed by atoms with van der Waals surface area (Å²) in [6.45, 7) is 0.109. The number of fused-ring (bicyclic) bond motifs is 1. The van der Waals surface area contributed by atoms with Crippen molar-refractivity contribution >= 4 is 27.5 Å². The molecule has 0 atom stereocenters. The topological polar surface area (TPSA) is 94.5 Å². The van der Waals surface area contributed by atoms with Crippen molar-refractivity contribution in [1.29, 1.82) is 0 Å². The van der Waals surface area contributed by atoms with Crippen LogP contribution in [0.4, 0.5) is 5.69 Å². The van der Waals surface area contributed by atoms with Gasteiger partial charge in [-0.25, -0.2) is 4.79 Å². The second kappa shape index (κ2) is 10.8. The molecule has 0 saturated carbocycles. The van der Waals surface area contributed by atoms with Gasteiger partial charge < -0.3 is 19.1 Å². The molecule has 1 aliphatic rings. The van der Waals surface area contributed by atoms with Crippen LogP contribution in [-0.2, 0) is 21.4 Å². The first-order valence-corrected chi connectivity index (χ1v) is 13.2. The number of hydrogen-bond donors (Lipinski definition) is 0. The van der Waals surface area contributed by atoms with Crippen molar-refractivity contribution in [2.24, 2.45) is 4.40 Å². The zero-order valence-corrected chi connectivity index (χ0v) is 21.3. The van der Waals surface area contributed by atoms with E-state index in [2.05, 4.69) is 4.40 Å². The highest BCUT2D eigenvalue weighted by molar-refractivity contribution is 7.90. The van der Waals surface area contributed by atoms with E-state index in [-0.39, 0.29) is 11.5 Å². The lowest BCUT2D eigenvalue weighted by Gasteiger charge is -2.25. The number of sulfonamides is 1. The Kier molecular flexibility index (Phi) is 7.10. The average molecular weight is 529 g/mol. The Morgan fingerprint density at radius 1 is 0.789 bits per heavy atom. The second-order valence-electron chi connectivity index (χ2n) is 8.39. The average Bonchev–Trinajstić information content (AvgIpc) is 3.22. The molecule has 0 N–H and O–H groups in total. The largest absolute Gasteiger partial charge is 0.497 e. The maximum Gasteiger partial charge on any atom is 0.349 e. The summed E-state index contributed by atoms with van der Waals surface area (Å²) in [5, 5.41) is 0. The van der Waals surface area contributed by atoms with Gasteiger partial charge in [-0.1, -0.05) is 42.5 Å². The Hall–Kier alpha value is -4.63. The first kappa shape index (κ1) is 25.0. The van der Waals surface area contributed by atoms with Crippen molar-refractivity contribution in [3.05, 3.63) is 114 Å². The third-order valence-corrected chi connectivity index (χ3v) is 7.17. The zero-order valence-electron chi connectivity index (χ0n) is 20.5. The number of carbonyl (C=O) groups excluding carboxylic acids is 1. The van der Waals surface area contributed by atoms with Crippen LogP contribution in [-0.4, -0.2) is 33.9 Å². The smallest absolute Gasteiger partial charge is 0.349 e. The van der Waals surface area contributed by atoms with Gasteiger partial charge in [0.2, 0.25) is 0 Å². The molecule has 8 nitrogen and oxygen atoms in total. The highest BCUT2D eigenvalue weighted by Crippen LogP contribution is 2.32. The molecule has 192 valence electrons. The van der Waals surface area contributed by atoms with Gasteiger partial charge in [-0.05, 0) is 66.2 Å². The van der Waals surface area contributed by atoms with E-state index in [9.17, 15) is 13.2 Å². The Bertz CT molecular complexity index is 1570. The summed E-state index contributed by atoms with van der Waals surface area (Å²) in [7, 11) is -2.23. The van der Waals surface area contributed by atoms with Gasteiger partial charge in [-0.3, -0.25) is 0 Å². The van der Waals surface area contributed by atoms with Gasteiger partial charge >= 0.3 is 5.97 Å². The molecule has 4 aromatic carbocycles. The minimum absolute atomic E-state index is 0.165. The quantitative estimate of drug-likeness (QED) is 0.239. The van der Waals surface area contributed by atoms with Gasteiger partial charge in [0.05, 0.1) is 7.11 Å². The minimum Gasteiger partial charge on any atom is -0.497 e. The molecule has 1 aliphatic heterocycles. The minimum atomic E-state index is -3.82. The lowest BCUT2D eigenvalue weighted by atomic mass is 10.1. The number of carbonyl (C=O) groups is 1. The van der Waals surface area contributed by atoms with Crippen molar-refractivity contribution in [1.82, 2.24) is 0 Å². The van der Waals surface area contributed by atoms with Crippen molar-refractivity contribution in [3.8, 4) is 17.2 Å². The number of nitrogens with zero attached hydrogens (tertiary/aromatic N) is 2. The summed E-state index contributed by atoms with van der Waals surface area (Å²) in [4.78, 5) is 14.2. The van der Waals surface area contributed by atoms with Crippen molar-refractivity contribution in [3.63, 3.8) is 0 Å². The Balaban J connectivity index is 1.39. The van der Waals surface area contributed by atoms with Gasteiger partial charge in [0.25, 0.3) is 10.0 Å². The van der Waals surface area contributed by atoms with Crippen LogP contribution in [0.1, 0.15) is 11.1 Å². The predicted octanol–water partition coefficient (Wildman–Crippen LogP) is 4.84. The van der Waals surface area contributed by atoms with E-state index in [0.717, 1.165) is 5.56 Å². The number of amidine groups is 1. The van der Waals surface area contributed by atoms with E-state index in [4.69, 9.17) is 14.2 Å². The van der Waals surface area contributed by atoms with Gasteiger partial charge in [0.15, 0.2) is 12.4 Å². The fourth-order valence-corrected chi connectivity index (χ4v) is 5.21. The first-order valence-electron chi connectivity index (χ1n) is 11.8. The van der Waals surface area contributed by atoms with E-state index < -0.39 is 16.0 Å². The third-order valence-electron chi connectivity index (χ3n) is 5.85. The maximum absolute atomic E-state index is 12.8. The van der Waals surface area contributed by atoms with Crippen LogP contribution in [0.3, 0.4) is 0 Å². The molecule has 5 rings (SSSR count). The number of benzene rings is 4. The maximum atomic E-state index is 12.8. The van der Waals surface area contributed by atoms with Crippen LogP contribution in [0.15, 0.2) is 112 Å². The summed E-state index contributed by atoms with van der Waals surface area (Å²) < 4.78 is 45.8. The van der Waals surface area contributed by atoms with Crippen molar-refractivity contribution in [2.75, 3.05) is 18.6 Å². The standard InChI is InChI=1S/C29H24N2O6S/c1-35-23-15-11-21(12-16-23)19-31(29-26-9-5-6-10-27(26)38(33,34)30-29)22-13-17-25(18-14-22)37-28(32)20-36-24-7-3-2-4-8-24/h2-18H,19-20H2,1H3. The monoisotopic (exact) mass is 528 g/mol. The molecule has 0 aliphatic carbocycles. The first-order chi connectivity index (χ1) is 18.4. The molecule has 0 fully saturated rings. The molecular formula is C29H24N2O6S. The highest BCUT2D eigenvalue weighted by atomic mass is 32.2. The fraction of sp³-hybridized carbons (Fsp3) is 0.103.